The van der Waals surface area contributed by atoms with Gasteiger partial charge < -0.3 is 10.4 Å². The van der Waals surface area contributed by atoms with Crippen molar-refractivity contribution in [3.8, 4) is 0 Å². The van der Waals surface area contributed by atoms with E-state index in [2.05, 4.69) is 5.32 Å². The molecule has 1 rings (SSSR count). The van der Waals surface area contributed by atoms with Gasteiger partial charge in [-0.2, -0.15) is 0 Å². The first kappa shape index (κ1) is 16.1. The molecule has 1 aromatic carbocycles. The van der Waals surface area contributed by atoms with Gasteiger partial charge in [-0.15, -0.1) is 0 Å². The smallest absolute Gasteiger partial charge is 0.155 e. The van der Waals surface area contributed by atoms with Gasteiger partial charge in [-0.1, -0.05) is 29.3 Å². The summed E-state index contributed by atoms with van der Waals surface area (Å²) in [6.45, 7) is 3.92. The van der Waals surface area contributed by atoms with Crippen molar-refractivity contribution >= 4 is 9.84 Å². The molecule has 0 aromatic heterocycles. The molecule has 0 bridgehead atoms. The molecule has 1 unspecified atom stereocenters. The van der Waals surface area contributed by atoms with Crippen molar-refractivity contribution in [2.24, 2.45) is 0 Å². The van der Waals surface area contributed by atoms with Crippen molar-refractivity contribution in [3.63, 3.8) is 0 Å². The van der Waals surface area contributed by atoms with Crippen LogP contribution in [0.25, 0.3) is 0 Å². The van der Waals surface area contributed by atoms with E-state index in [1.54, 1.807) is 7.05 Å². The van der Waals surface area contributed by atoms with Crippen molar-refractivity contribution < 1.29 is 13.5 Å². The van der Waals surface area contributed by atoms with Crippen molar-refractivity contribution in [2.45, 2.75) is 32.1 Å². The summed E-state index contributed by atoms with van der Waals surface area (Å²) in [5.41, 5.74) is 2.98. The van der Waals surface area contributed by atoms with Crippen molar-refractivity contribution in [1.82, 2.24) is 5.32 Å². The van der Waals surface area contributed by atoms with Crippen LogP contribution in [0.4, 0.5) is 0 Å². The number of hydrogen-bond acceptors (Lipinski definition) is 4. The van der Waals surface area contributed by atoms with E-state index in [9.17, 15) is 8.42 Å². The first-order valence-corrected chi connectivity index (χ1v) is 8.24. The SMILES string of the molecule is CNC(CCO)CS(=O)(=O)Cc1cc(C)cc(C)c1. The molecule has 0 heterocycles. The van der Waals surface area contributed by atoms with Crippen LogP contribution in [0, 0.1) is 13.8 Å². The van der Waals surface area contributed by atoms with Crippen LogP contribution in [-0.4, -0.2) is 39.0 Å². The van der Waals surface area contributed by atoms with E-state index in [-0.39, 0.29) is 24.2 Å². The Morgan fingerprint density at radius 2 is 1.79 bits per heavy atom. The van der Waals surface area contributed by atoms with Crippen molar-refractivity contribution in [1.29, 1.82) is 0 Å². The van der Waals surface area contributed by atoms with Gasteiger partial charge in [-0.3, -0.25) is 0 Å². The molecule has 1 atom stereocenters. The van der Waals surface area contributed by atoms with E-state index < -0.39 is 9.84 Å². The number of benzene rings is 1. The lowest BCUT2D eigenvalue weighted by molar-refractivity contribution is 0.272. The highest BCUT2D eigenvalue weighted by molar-refractivity contribution is 7.90. The quantitative estimate of drug-likeness (QED) is 0.790. The van der Waals surface area contributed by atoms with Crippen LogP contribution in [0.3, 0.4) is 0 Å². The van der Waals surface area contributed by atoms with Gasteiger partial charge in [0.15, 0.2) is 9.84 Å². The molecule has 0 amide bonds. The van der Waals surface area contributed by atoms with Gasteiger partial charge in [0.25, 0.3) is 0 Å². The van der Waals surface area contributed by atoms with E-state index in [1.165, 1.54) is 0 Å². The Labute approximate surface area is 115 Å². The molecule has 108 valence electrons. The van der Waals surface area contributed by atoms with Gasteiger partial charge in [0.05, 0.1) is 11.5 Å². The lowest BCUT2D eigenvalue weighted by Crippen LogP contribution is -2.34. The molecule has 1 aromatic rings. The molecule has 2 N–H and O–H groups in total. The van der Waals surface area contributed by atoms with Crippen LogP contribution >= 0.6 is 0 Å². The number of aliphatic hydroxyl groups is 1. The summed E-state index contributed by atoms with van der Waals surface area (Å²) in [7, 11) is -1.46. The standard InChI is InChI=1S/C14H23NO3S/c1-11-6-12(2)8-13(7-11)9-19(17,18)10-14(15-3)4-5-16/h6-8,14-16H,4-5,9-10H2,1-3H3. The summed E-state index contributed by atoms with van der Waals surface area (Å²) in [5.74, 6) is 0.107. The molecule has 0 spiro atoms. The van der Waals surface area contributed by atoms with Crippen LogP contribution < -0.4 is 5.32 Å². The minimum Gasteiger partial charge on any atom is -0.396 e. The first-order chi connectivity index (χ1) is 8.86. The molecule has 19 heavy (non-hydrogen) atoms. The largest absolute Gasteiger partial charge is 0.396 e. The summed E-state index contributed by atoms with van der Waals surface area (Å²) in [6.07, 6.45) is 0.447. The summed E-state index contributed by atoms with van der Waals surface area (Å²) < 4.78 is 24.3. The Morgan fingerprint density at radius 1 is 1.21 bits per heavy atom. The number of aliphatic hydroxyl groups excluding tert-OH is 1. The van der Waals surface area contributed by atoms with Gasteiger partial charge in [-0.25, -0.2) is 8.42 Å². The Bertz CT molecular complexity index is 491. The molecule has 5 heteroatoms. The molecule has 0 aliphatic carbocycles. The summed E-state index contributed by atoms with van der Waals surface area (Å²) in [6, 6.07) is 5.65. The van der Waals surface area contributed by atoms with E-state index >= 15 is 0 Å². The summed E-state index contributed by atoms with van der Waals surface area (Å²) >= 11 is 0. The third-order valence-corrected chi connectivity index (χ3v) is 4.69. The van der Waals surface area contributed by atoms with E-state index in [1.807, 2.05) is 32.0 Å². The second kappa shape index (κ2) is 7.03. The second-order valence-corrected chi connectivity index (χ2v) is 7.16. The molecule has 0 aliphatic rings. The topological polar surface area (TPSA) is 66.4 Å². The Morgan fingerprint density at radius 3 is 2.26 bits per heavy atom. The third kappa shape index (κ3) is 5.72. The van der Waals surface area contributed by atoms with Crippen molar-refractivity contribution in [3.05, 3.63) is 34.9 Å². The van der Waals surface area contributed by atoms with Gasteiger partial charge in [0, 0.05) is 12.6 Å². The lowest BCUT2D eigenvalue weighted by Gasteiger charge is -2.15. The molecule has 0 radical (unpaired) electrons. The number of rotatable bonds is 7. The van der Waals surface area contributed by atoms with E-state index in [0.717, 1.165) is 16.7 Å². The van der Waals surface area contributed by atoms with Crippen LogP contribution in [0.5, 0.6) is 0 Å². The summed E-state index contributed by atoms with van der Waals surface area (Å²) in [4.78, 5) is 0. The van der Waals surface area contributed by atoms with Gasteiger partial charge in [0.2, 0.25) is 0 Å². The third-order valence-electron chi connectivity index (χ3n) is 3.01. The fourth-order valence-corrected chi connectivity index (χ4v) is 3.98. The zero-order valence-electron chi connectivity index (χ0n) is 11.8. The highest BCUT2D eigenvalue weighted by atomic mass is 32.2. The average molecular weight is 285 g/mol. The fourth-order valence-electron chi connectivity index (χ4n) is 2.24. The minimum absolute atomic E-state index is 0.00935. The Hall–Kier alpha value is -0.910. The number of hydrogen-bond donors (Lipinski definition) is 2. The number of aryl methyl sites for hydroxylation is 2. The zero-order valence-corrected chi connectivity index (χ0v) is 12.6. The molecule has 0 fully saturated rings. The molecule has 0 aliphatic heterocycles. The molecule has 0 saturated carbocycles. The van der Waals surface area contributed by atoms with Crippen LogP contribution in [0.15, 0.2) is 18.2 Å². The van der Waals surface area contributed by atoms with E-state index in [4.69, 9.17) is 5.11 Å². The maximum absolute atomic E-state index is 12.1. The fraction of sp³-hybridized carbons (Fsp3) is 0.571. The molecule has 4 nitrogen and oxygen atoms in total. The normalized spacial score (nSPS) is 13.5. The van der Waals surface area contributed by atoms with Crippen LogP contribution in [0.1, 0.15) is 23.1 Å². The highest BCUT2D eigenvalue weighted by Crippen LogP contribution is 2.13. The zero-order chi connectivity index (χ0) is 14.5. The molecular formula is C14H23NO3S. The molecular weight excluding hydrogens is 262 g/mol. The number of sulfone groups is 1. The van der Waals surface area contributed by atoms with Gasteiger partial charge in [-0.05, 0) is 32.9 Å². The maximum atomic E-state index is 12.1. The van der Waals surface area contributed by atoms with Crippen molar-refractivity contribution in [2.75, 3.05) is 19.4 Å². The lowest BCUT2D eigenvalue weighted by atomic mass is 10.1. The maximum Gasteiger partial charge on any atom is 0.155 e. The Kier molecular flexibility index (Phi) is 5.97. The second-order valence-electron chi connectivity index (χ2n) is 5.05. The Balaban J connectivity index is 2.78. The molecule has 0 saturated heterocycles. The first-order valence-electron chi connectivity index (χ1n) is 6.42. The van der Waals surface area contributed by atoms with Gasteiger partial charge >= 0.3 is 0 Å². The highest BCUT2D eigenvalue weighted by Gasteiger charge is 2.18. The van der Waals surface area contributed by atoms with Crippen LogP contribution in [-0.2, 0) is 15.6 Å². The van der Waals surface area contributed by atoms with Gasteiger partial charge in [0.1, 0.15) is 0 Å². The van der Waals surface area contributed by atoms with E-state index in [0.29, 0.717) is 6.42 Å². The van der Waals surface area contributed by atoms with Crippen LogP contribution in [0.2, 0.25) is 0 Å². The average Bonchev–Trinajstić information content (AvgIpc) is 2.25. The monoisotopic (exact) mass is 285 g/mol. The predicted molar refractivity (Wildman–Crippen MR) is 78.0 cm³/mol. The summed E-state index contributed by atoms with van der Waals surface area (Å²) in [5, 5.41) is 11.8. The number of nitrogens with one attached hydrogen (secondary N) is 1. The predicted octanol–water partition coefficient (Wildman–Crippen LogP) is 1.19. The minimum atomic E-state index is -3.18.